The lowest BCUT2D eigenvalue weighted by Gasteiger charge is -2.33. The number of hydrogen-bond donors (Lipinski definition) is 1. The number of hydrogen-bond acceptors (Lipinski definition) is 4. The number of unbranched alkanes of at least 4 members (excludes halogenated alkanes) is 2. The second-order valence-corrected chi connectivity index (χ2v) is 6.69. The van der Waals surface area contributed by atoms with Crippen molar-refractivity contribution in [3.63, 3.8) is 0 Å². The van der Waals surface area contributed by atoms with E-state index in [4.69, 9.17) is 4.74 Å². The van der Waals surface area contributed by atoms with E-state index in [1.165, 1.54) is 38.5 Å². The lowest BCUT2D eigenvalue weighted by molar-refractivity contribution is 0.133. The van der Waals surface area contributed by atoms with Gasteiger partial charge in [-0.2, -0.15) is 5.26 Å². The van der Waals surface area contributed by atoms with Crippen LogP contribution in [0.4, 0.5) is 5.69 Å². The van der Waals surface area contributed by atoms with Crippen molar-refractivity contribution in [1.29, 1.82) is 5.26 Å². The Hall–Kier alpha value is -1.73. The molecule has 2 rings (SSSR count). The van der Waals surface area contributed by atoms with Crippen LogP contribution in [0, 0.1) is 11.3 Å². The molecule has 0 saturated carbocycles. The summed E-state index contributed by atoms with van der Waals surface area (Å²) in [6.07, 6.45) is 7.52. The van der Waals surface area contributed by atoms with Crippen LogP contribution in [-0.4, -0.2) is 37.2 Å². The van der Waals surface area contributed by atoms with E-state index in [1.807, 2.05) is 18.2 Å². The maximum atomic E-state index is 9.28. The molecular formula is C20H31N3O. The normalized spacial score (nSPS) is 18.1. The van der Waals surface area contributed by atoms with E-state index in [2.05, 4.69) is 30.1 Å². The van der Waals surface area contributed by atoms with Gasteiger partial charge in [0.15, 0.2) is 0 Å². The quantitative estimate of drug-likeness (QED) is 0.682. The minimum atomic E-state index is 0.612. The van der Waals surface area contributed by atoms with Crippen molar-refractivity contribution in [3.8, 4) is 11.8 Å². The molecule has 0 radical (unpaired) electrons. The van der Waals surface area contributed by atoms with Crippen LogP contribution in [0.2, 0.25) is 0 Å². The fourth-order valence-corrected chi connectivity index (χ4v) is 3.21. The summed E-state index contributed by atoms with van der Waals surface area (Å²) >= 11 is 0. The van der Waals surface area contributed by atoms with E-state index in [1.54, 1.807) is 0 Å². The maximum absolute atomic E-state index is 9.28. The van der Waals surface area contributed by atoms with Crippen LogP contribution in [0.1, 0.15) is 57.9 Å². The van der Waals surface area contributed by atoms with Crippen molar-refractivity contribution in [3.05, 3.63) is 23.8 Å². The lowest BCUT2D eigenvalue weighted by atomic mass is 10.0. The van der Waals surface area contributed by atoms with Crippen LogP contribution in [0.25, 0.3) is 0 Å². The molecule has 1 aliphatic rings. The van der Waals surface area contributed by atoms with Gasteiger partial charge in [0.05, 0.1) is 5.56 Å². The number of benzene rings is 1. The first kappa shape index (κ1) is 18.6. The highest BCUT2D eigenvalue weighted by Gasteiger charge is 2.17. The Labute approximate surface area is 146 Å². The van der Waals surface area contributed by atoms with Crippen LogP contribution in [0.5, 0.6) is 5.75 Å². The van der Waals surface area contributed by atoms with Gasteiger partial charge < -0.3 is 10.1 Å². The molecule has 1 fully saturated rings. The summed E-state index contributed by atoms with van der Waals surface area (Å²) in [6, 6.07) is 8.65. The van der Waals surface area contributed by atoms with Gasteiger partial charge in [-0.25, -0.2) is 0 Å². The van der Waals surface area contributed by atoms with Gasteiger partial charge in [0.2, 0.25) is 0 Å². The molecule has 0 spiro atoms. The summed E-state index contributed by atoms with van der Waals surface area (Å²) in [5.41, 5.74) is 1.65. The van der Waals surface area contributed by atoms with Crippen molar-refractivity contribution in [2.24, 2.45) is 0 Å². The van der Waals surface area contributed by atoms with Crippen LogP contribution < -0.4 is 10.1 Å². The summed E-state index contributed by atoms with van der Waals surface area (Å²) in [5, 5.41) is 12.7. The molecule has 1 heterocycles. The van der Waals surface area contributed by atoms with E-state index in [-0.39, 0.29) is 0 Å². The van der Waals surface area contributed by atoms with Gasteiger partial charge in [-0.3, -0.25) is 4.90 Å². The van der Waals surface area contributed by atoms with Gasteiger partial charge in [0, 0.05) is 30.9 Å². The smallest absolute Gasteiger partial charge is 0.139 e. The first-order valence-corrected chi connectivity index (χ1v) is 9.39. The van der Waals surface area contributed by atoms with Crippen LogP contribution in [-0.2, 0) is 0 Å². The monoisotopic (exact) mass is 329 g/mol. The summed E-state index contributed by atoms with van der Waals surface area (Å²) < 4.78 is 5.94. The molecule has 24 heavy (non-hydrogen) atoms. The van der Waals surface area contributed by atoms with Crippen molar-refractivity contribution in [1.82, 2.24) is 4.90 Å². The Bertz CT molecular complexity index is 538. The molecule has 1 aromatic rings. The molecule has 1 N–H and O–H groups in total. The molecular weight excluding hydrogens is 298 g/mol. The number of anilines is 1. The first-order chi connectivity index (χ1) is 11.7. The predicted octanol–water partition coefficient (Wildman–Crippen LogP) is 4.41. The molecule has 0 aliphatic carbocycles. The topological polar surface area (TPSA) is 48.3 Å². The SMILES string of the molecule is CCCCCNc1ccc(C#N)c(OCCN2CCCCC2C)c1. The standard InChI is InChI=1S/C20H31N3O/c1-3-4-6-11-22-19-10-9-18(16-21)20(15-19)24-14-13-23-12-7-5-8-17(23)2/h9-10,15,17,22H,3-8,11-14H2,1-2H3. The molecule has 0 bridgehead atoms. The summed E-state index contributed by atoms with van der Waals surface area (Å²) in [4.78, 5) is 2.49. The summed E-state index contributed by atoms with van der Waals surface area (Å²) in [5.74, 6) is 0.697. The Morgan fingerprint density at radius 2 is 2.21 bits per heavy atom. The Kier molecular flexibility index (Phi) is 7.91. The van der Waals surface area contributed by atoms with Crippen molar-refractivity contribution in [2.45, 2.75) is 58.4 Å². The highest BCUT2D eigenvalue weighted by Crippen LogP contribution is 2.23. The number of nitrogens with zero attached hydrogens (tertiary/aromatic N) is 2. The number of nitriles is 1. The van der Waals surface area contributed by atoms with Gasteiger partial charge in [-0.05, 0) is 44.9 Å². The Morgan fingerprint density at radius 3 is 2.96 bits per heavy atom. The molecule has 132 valence electrons. The molecule has 1 aliphatic heterocycles. The van der Waals surface area contributed by atoms with Gasteiger partial charge >= 0.3 is 0 Å². The fourth-order valence-electron chi connectivity index (χ4n) is 3.21. The largest absolute Gasteiger partial charge is 0.491 e. The Balaban J connectivity index is 1.86. The Morgan fingerprint density at radius 1 is 1.33 bits per heavy atom. The predicted molar refractivity (Wildman–Crippen MR) is 99.6 cm³/mol. The van der Waals surface area contributed by atoms with E-state index in [9.17, 15) is 5.26 Å². The third kappa shape index (κ3) is 5.72. The third-order valence-corrected chi connectivity index (χ3v) is 4.79. The minimum Gasteiger partial charge on any atom is -0.491 e. The molecule has 1 aromatic carbocycles. The maximum Gasteiger partial charge on any atom is 0.139 e. The highest BCUT2D eigenvalue weighted by molar-refractivity contribution is 5.55. The fraction of sp³-hybridized carbons (Fsp3) is 0.650. The molecule has 0 aromatic heterocycles. The summed E-state index contributed by atoms with van der Waals surface area (Å²) in [7, 11) is 0. The molecule has 1 saturated heterocycles. The zero-order chi connectivity index (χ0) is 17.2. The van der Waals surface area contributed by atoms with Gasteiger partial charge in [-0.15, -0.1) is 0 Å². The van der Waals surface area contributed by atoms with E-state index in [0.29, 0.717) is 24.0 Å². The third-order valence-electron chi connectivity index (χ3n) is 4.79. The molecule has 0 amide bonds. The number of nitrogens with one attached hydrogen (secondary N) is 1. The van der Waals surface area contributed by atoms with Crippen LogP contribution in [0.15, 0.2) is 18.2 Å². The van der Waals surface area contributed by atoms with Gasteiger partial charge in [-0.1, -0.05) is 26.2 Å². The number of ether oxygens (including phenoxy) is 1. The highest BCUT2D eigenvalue weighted by atomic mass is 16.5. The van der Waals surface area contributed by atoms with E-state index < -0.39 is 0 Å². The lowest BCUT2D eigenvalue weighted by Crippen LogP contribution is -2.39. The van der Waals surface area contributed by atoms with Crippen molar-refractivity contribution in [2.75, 3.05) is 31.6 Å². The molecule has 4 nitrogen and oxygen atoms in total. The molecule has 4 heteroatoms. The van der Waals surface area contributed by atoms with Crippen LogP contribution in [0.3, 0.4) is 0 Å². The number of piperidine rings is 1. The van der Waals surface area contributed by atoms with Gasteiger partial charge in [0.1, 0.15) is 18.4 Å². The summed E-state index contributed by atoms with van der Waals surface area (Å²) in [6.45, 7) is 8.19. The molecule has 1 unspecified atom stereocenters. The minimum absolute atomic E-state index is 0.612. The first-order valence-electron chi connectivity index (χ1n) is 9.39. The average molecular weight is 329 g/mol. The van der Waals surface area contributed by atoms with Gasteiger partial charge in [0.25, 0.3) is 0 Å². The average Bonchev–Trinajstić information content (AvgIpc) is 2.60. The second-order valence-electron chi connectivity index (χ2n) is 6.69. The number of rotatable bonds is 9. The molecule has 1 atom stereocenters. The second kappa shape index (κ2) is 10.2. The number of likely N-dealkylation sites (tertiary alicyclic amines) is 1. The van der Waals surface area contributed by atoms with Crippen LogP contribution >= 0.6 is 0 Å². The zero-order valence-corrected chi connectivity index (χ0v) is 15.2. The van der Waals surface area contributed by atoms with E-state index in [0.717, 1.165) is 25.3 Å². The zero-order valence-electron chi connectivity index (χ0n) is 15.2. The van der Waals surface area contributed by atoms with Crippen molar-refractivity contribution < 1.29 is 4.74 Å². The van der Waals surface area contributed by atoms with Crippen molar-refractivity contribution >= 4 is 5.69 Å². The van der Waals surface area contributed by atoms with E-state index >= 15 is 0 Å².